The fourth-order valence-electron chi connectivity index (χ4n) is 3.60. The quantitative estimate of drug-likeness (QED) is 0.370. The Kier molecular flexibility index (Phi) is 6.01. The number of benzene rings is 1. The van der Waals surface area contributed by atoms with Crippen molar-refractivity contribution in [1.82, 2.24) is 15.0 Å². The van der Waals surface area contributed by atoms with Crippen LogP contribution in [0.1, 0.15) is 32.7 Å². The molecule has 0 aliphatic heterocycles. The fourth-order valence-corrected chi connectivity index (χ4v) is 4.69. The number of methoxy groups -OCH3 is 1. The summed E-state index contributed by atoms with van der Waals surface area (Å²) >= 11 is 0. The molecule has 12 heteroatoms. The van der Waals surface area contributed by atoms with Gasteiger partial charge in [0.05, 0.1) is 35.0 Å². The fraction of sp³-hybridized carbons (Fsp3) is 0.174. The third kappa shape index (κ3) is 4.56. The molecule has 0 saturated carbocycles. The molecular formula is C23H19F3N4O4S. The van der Waals surface area contributed by atoms with Gasteiger partial charge in [-0.05, 0) is 49.2 Å². The lowest BCUT2D eigenvalue weighted by Crippen LogP contribution is -2.19. The molecule has 182 valence electrons. The van der Waals surface area contributed by atoms with Crippen molar-refractivity contribution in [3.05, 3.63) is 76.9 Å². The Bertz CT molecular complexity index is 1560. The van der Waals surface area contributed by atoms with E-state index in [0.717, 1.165) is 12.1 Å². The highest BCUT2D eigenvalue weighted by atomic mass is 32.2. The third-order valence-corrected chi connectivity index (χ3v) is 6.67. The number of ether oxygens (including phenoxy) is 1. The minimum atomic E-state index is -4.73. The van der Waals surface area contributed by atoms with Crippen molar-refractivity contribution in [3.8, 4) is 5.75 Å². The van der Waals surface area contributed by atoms with Crippen LogP contribution in [0.3, 0.4) is 0 Å². The minimum Gasteiger partial charge on any atom is -0.494 e. The Morgan fingerprint density at radius 1 is 1.09 bits per heavy atom. The van der Waals surface area contributed by atoms with E-state index >= 15 is 0 Å². The summed E-state index contributed by atoms with van der Waals surface area (Å²) in [6.07, 6.45) is -0.438. The van der Waals surface area contributed by atoms with Gasteiger partial charge in [0.25, 0.3) is 10.0 Å². The molecule has 0 unspecified atom stereocenters. The van der Waals surface area contributed by atoms with E-state index in [0.29, 0.717) is 22.7 Å². The number of carbonyl (C=O) groups excluding carboxylic acids is 1. The van der Waals surface area contributed by atoms with Gasteiger partial charge in [-0.15, -0.1) is 0 Å². The number of pyridine rings is 2. The maximum atomic E-state index is 13.6. The number of ketones is 1. The van der Waals surface area contributed by atoms with Crippen LogP contribution in [-0.2, 0) is 16.2 Å². The van der Waals surface area contributed by atoms with Gasteiger partial charge in [0, 0.05) is 17.8 Å². The first-order valence-corrected chi connectivity index (χ1v) is 11.6. The summed E-state index contributed by atoms with van der Waals surface area (Å²) in [7, 11) is -3.15. The predicted octanol–water partition coefficient (Wildman–Crippen LogP) is 4.63. The molecule has 0 saturated heterocycles. The Morgan fingerprint density at radius 2 is 1.83 bits per heavy atom. The van der Waals surface area contributed by atoms with Gasteiger partial charge >= 0.3 is 6.18 Å². The lowest BCUT2D eigenvalue weighted by Gasteiger charge is -2.15. The number of nitrogens with one attached hydrogen (secondary N) is 2. The Hall–Kier alpha value is -3.93. The highest BCUT2D eigenvalue weighted by Crippen LogP contribution is 2.34. The molecule has 1 aromatic carbocycles. The Morgan fingerprint density at radius 3 is 2.51 bits per heavy atom. The summed E-state index contributed by atoms with van der Waals surface area (Å²) in [5, 5.41) is 0.430. The van der Waals surface area contributed by atoms with E-state index in [4.69, 9.17) is 4.74 Å². The van der Waals surface area contributed by atoms with Gasteiger partial charge in [0.1, 0.15) is 17.1 Å². The van der Waals surface area contributed by atoms with Crippen LogP contribution in [0.15, 0.2) is 53.8 Å². The number of halogens is 3. The van der Waals surface area contributed by atoms with Crippen molar-refractivity contribution in [2.24, 2.45) is 0 Å². The van der Waals surface area contributed by atoms with E-state index in [-0.39, 0.29) is 28.3 Å². The highest BCUT2D eigenvalue weighted by Gasteiger charge is 2.34. The molecule has 2 N–H and O–H groups in total. The monoisotopic (exact) mass is 504 g/mol. The lowest BCUT2D eigenvalue weighted by atomic mass is 10.0. The van der Waals surface area contributed by atoms with E-state index in [1.807, 2.05) is 0 Å². The SMILES string of the molecule is COc1cnc2[nH]ccc2c1C(=O)c1ncc(C)cc1NS(=O)(=O)c1ccc(C)c(C(F)(F)F)c1. The van der Waals surface area contributed by atoms with Crippen molar-refractivity contribution in [1.29, 1.82) is 0 Å². The van der Waals surface area contributed by atoms with Crippen LogP contribution >= 0.6 is 0 Å². The Balaban J connectivity index is 1.81. The lowest BCUT2D eigenvalue weighted by molar-refractivity contribution is -0.138. The first-order valence-electron chi connectivity index (χ1n) is 10.1. The zero-order valence-corrected chi connectivity index (χ0v) is 19.5. The van der Waals surface area contributed by atoms with Crippen molar-refractivity contribution in [2.75, 3.05) is 11.8 Å². The predicted molar refractivity (Wildman–Crippen MR) is 122 cm³/mol. The molecule has 0 amide bonds. The summed E-state index contributed by atoms with van der Waals surface area (Å²) in [6.45, 7) is 2.86. The molecule has 0 spiro atoms. The standard InChI is InChI=1S/C23H19F3N4O4S/c1-12-8-17(30-35(32,33)14-5-4-13(2)16(9-14)23(24,25)26)20(28-10-12)21(31)19-15-6-7-27-22(15)29-11-18(19)34-3/h4-11,30H,1-3H3,(H,27,29). The molecule has 0 fully saturated rings. The number of sulfonamides is 1. The van der Waals surface area contributed by atoms with E-state index in [1.165, 1.54) is 32.5 Å². The van der Waals surface area contributed by atoms with Crippen LogP contribution in [0.2, 0.25) is 0 Å². The number of aryl methyl sites for hydroxylation is 2. The topological polar surface area (TPSA) is 114 Å². The summed E-state index contributed by atoms with van der Waals surface area (Å²) in [5.41, 5.74) is -0.609. The largest absolute Gasteiger partial charge is 0.494 e. The molecule has 0 aliphatic rings. The molecule has 3 aromatic heterocycles. The number of nitrogens with zero attached hydrogens (tertiary/aromatic N) is 2. The zero-order chi connectivity index (χ0) is 25.5. The second-order valence-electron chi connectivity index (χ2n) is 7.76. The van der Waals surface area contributed by atoms with Gasteiger partial charge in [0.15, 0.2) is 0 Å². The van der Waals surface area contributed by atoms with Crippen LogP contribution in [0, 0.1) is 13.8 Å². The highest BCUT2D eigenvalue weighted by molar-refractivity contribution is 7.92. The first kappa shape index (κ1) is 24.2. The second-order valence-corrected chi connectivity index (χ2v) is 9.44. The molecule has 4 aromatic rings. The van der Waals surface area contributed by atoms with Crippen molar-refractivity contribution in [2.45, 2.75) is 24.9 Å². The van der Waals surface area contributed by atoms with Crippen molar-refractivity contribution >= 4 is 32.5 Å². The molecule has 35 heavy (non-hydrogen) atoms. The molecule has 0 aliphatic carbocycles. The van der Waals surface area contributed by atoms with Crippen LogP contribution < -0.4 is 9.46 Å². The van der Waals surface area contributed by atoms with Gasteiger partial charge in [0.2, 0.25) is 5.78 Å². The van der Waals surface area contributed by atoms with E-state index < -0.39 is 32.4 Å². The number of rotatable bonds is 6. The first-order chi connectivity index (χ1) is 16.4. The Labute approximate surface area is 198 Å². The molecular weight excluding hydrogens is 485 g/mol. The van der Waals surface area contributed by atoms with Crippen molar-refractivity contribution in [3.63, 3.8) is 0 Å². The molecule has 8 nitrogen and oxygen atoms in total. The summed E-state index contributed by atoms with van der Waals surface area (Å²) in [6, 6.07) is 5.67. The van der Waals surface area contributed by atoms with Gasteiger partial charge in [-0.3, -0.25) is 14.5 Å². The third-order valence-electron chi connectivity index (χ3n) is 5.31. The normalized spacial score (nSPS) is 12.1. The number of H-pyrrole nitrogens is 1. The van der Waals surface area contributed by atoms with Crippen LogP contribution in [0.4, 0.5) is 18.9 Å². The van der Waals surface area contributed by atoms with Crippen LogP contribution in [0.5, 0.6) is 5.75 Å². The van der Waals surface area contributed by atoms with E-state index in [1.54, 1.807) is 19.2 Å². The maximum Gasteiger partial charge on any atom is 0.416 e. The summed E-state index contributed by atoms with van der Waals surface area (Å²) < 4.78 is 73.6. The summed E-state index contributed by atoms with van der Waals surface area (Å²) in [4.78, 5) is 24.1. The number of fused-ring (bicyclic) bond motifs is 1. The van der Waals surface area contributed by atoms with Gasteiger partial charge in [-0.1, -0.05) is 6.07 Å². The van der Waals surface area contributed by atoms with E-state index in [2.05, 4.69) is 19.7 Å². The number of hydrogen-bond acceptors (Lipinski definition) is 6. The van der Waals surface area contributed by atoms with Crippen LogP contribution in [-0.4, -0.2) is 36.3 Å². The number of aromatic nitrogens is 3. The minimum absolute atomic E-state index is 0.102. The number of hydrogen-bond donors (Lipinski definition) is 2. The maximum absolute atomic E-state index is 13.6. The smallest absolute Gasteiger partial charge is 0.416 e. The van der Waals surface area contributed by atoms with Crippen molar-refractivity contribution < 1.29 is 31.1 Å². The zero-order valence-electron chi connectivity index (χ0n) is 18.7. The molecule has 0 atom stereocenters. The molecule has 3 heterocycles. The average Bonchev–Trinajstić information content (AvgIpc) is 3.26. The van der Waals surface area contributed by atoms with Crippen LogP contribution in [0.25, 0.3) is 11.0 Å². The number of anilines is 1. The summed E-state index contributed by atoms with van der Waals surface area (Å²) in [5.74, 6) is -0.516. The molecule has 0 radical (unpaired) electrons. The van der Waals surface area contributed by atoms with Gasteiger partial charge < -0.3 is 9.72 Å². The number of aromatic amines is 1. The molecule has 4 rings (SSSR count). The average molecular weight is 504 g/mol. The van der Waals surface area contributed by atoms with E-state index in [9.17, 15) is 26.4 Å². The number of carbonyl (C=O) groups is 1. The second kappa shape index (κ2) is 8.69. The van der Waals surface area contributed by atoms with Gasteiger partial charge in [-0.2, -0.15) is 13.2 Å². The number of alkyl halides is 3. The van der Waals surface area contributed by atoms with Gasteiger partial charge in [-0.25, -0.2) is 13.4 Å². The molecule has 0 bridgehead atoms.